The van der Waals surface area contributed by atoms with Crippen molar-refractivity contribution in [3.05, 3.63) is 23.2 Å². The number of rotatable bonds is 7. The van der Waals surface area contributed by atoms with Crippen LogP contribution in [0.4, 0.5) is 11.4 Å². The van der Waals surface area contributed by atoms with E-state index in [0.717, 1.165) is 37.4 Å². The highest BCUT2D eigenvalue weighted by molar-refractivity contribution is 6.31. The predicted octanol–water partition coefficient (Wildman–Crippen LogP) is 3.44. The Morgan fingerprint density at radius 2 is 2.00 bits per heavy atom. The van der Waals surface area contributed by atoms with Crippen molar-refractivity contribution in [3.8, 4) is 0 Å². The first kappa shape index (κ1) is 16.6. The molecule has 6 heteroatoms. The molecule has 1 heterocycles. The van der Waals surface area contributed by atoms with Crippen LogP contribution in [-0.4, -0.2) is 37.9 Å². The monoisotopic (exact) mass is 338 g/mol. The molecule has 3 rings (SSSR count). The van der Waals surface area contributed by atoms with E-state index in [1.54, 1.807) is 6.07 Å². The van der Waals surface area contributed by atoms with Crippen LogP contribution in [0, 0.1) is 0 Å². The van der Waals surface area contributed by atoms with E-state index >= 15 is 0 Å². The minimum atomic E-state index is -0.0572. The predicted molar refractivity (Wildman–Crippen MR) is 91.1 cm³/mol. The summed E-state index contributed by atoms with van der Waals surface area (Å²) in [6.07, 6.45) is 4.72. The summed E-state index contributed by atoms with van der Waals surface area (Å²) in [7, 11) is 0. The number of benzene rings is 1. The Bertz CT molecular complexity index is 543. The smallest absolute Gasteiger partial charge is 0.226 e. The largest absolute Gasteiger partial charge is 0.381 e. The van der Waals surface area contributed by atoms with Crippen LogP contribution in [-0.2, 0) is 14.3 Å². The van der Waals surface area contributed by atoms with Gasteiger partial charge in [0, 0.05) is 24.3 Å². The van der Waals surface area contributed by atoms with Crippen molar-refractivity contribution in [1.29, 1.82) is 0 Å². The molecular weight excluding hydrogens is 316 g/mol. The zero-order chi connectivity index (χ0) is 16.1. The molecule has 1 saturated heterocycles. The standard InChI is InChI=1S/C17H23ClN2O3/c18-12-1-4-15(19-13-2-3-13)16(11-12)20-17(21)7-10-23-14-5-8-22-9-6-14/h1,4,11,13-14,19H,2-3,5-10H2,(H,20,21). The molecule has 0 aromatic heterocycles. The van der Waals surface area contributed by atoms with Gasteiger partial charge in [-0.2, -0.15) is 0 Å². The van der Waals surface area contributed by atoms with Crippen LogP contribution in [0.15, 0.2) is 18.2 Å². The molecule has 1 aromatic rings. The Morgan fingerprint density at radius 1 is 1.22 bits per heavy atom. The highest BCUT2D eigenvalue weighted by Gasteiger charge is 2.22. The van der Waals surface area contributed by atoms with E-state index in [2.05, 4.69) is 10.6 Å². The second kappa shape index (κ2) is 7.99. The van der Waals surface area contributed by atoms with Gasteiger partial charge in [-0.25, -0.2) is 0 Å². The van der Waals surface area contributed by atoms with Crippen LogP contribution in [0.25, 0.3) is 0 Å². The molecule has 0 atom stereocenters. The third-order valence-corrected chi connectivity index (χ3v) is 4.28. The quantitative estimate of drug-likeness (QED) is 0.799. The van der Waals surface area contributed by atoms with Crippen LogP contribution in [0.3, 0.4) is 0 Å². The van der Waals surface area contributed by atoms with Crippen molar-refractivity contribution in [1.82, 2.24) is 0 Å². The van der Waals surface area contributed by atoms with Gasteiger partial charge in [-0.3, -0.25) is 4.79 Å². The number of halogens is 1. The van der Waals surface area contributed by atoms with Crippen molar-refractivity contribution in [2.24, 2.45) is 0 Å². The Balaban J connectivity index is 1.47. The van der Waals surface area contributed by atoms with Crippen LogP contribution in [0.2, 0.25) is 5.02 Å². The first-order chi connectivity index (χ1) is 11.2. The molecule has 126 valence electrons. The maximum Gasteiger partial charge on any atom is 0.226 e. The van der Waals surface area contributed by atoms with Crippen molar-refractivity contribution in [3.63, 3.8) is 0 Å². The van der Waals surface area contributed by atoms with Crippen molar-refractivity contribution >= 4 is 28.9 Å². The van der Waals surface area contributed by atoms with E-state index < -0.39 is 0 Å². The van der Waals surface area contributed by atoms with Gasteiger partial charge in [0.25, 0.3) is 0 Å². The van der Waals surface area contributed by atoms with E-state index in [1.807, 2.05) is 12.1 Å². The lowest BCUT2D eigenvalue weighted by molar-refractivity contribution is -0.118. The van der Waals surface area contributed by atoms with Gasteiger partial charge in [-0.1, -0.05) is 11.6 Å². The molecule has 2 N–H and O–H groups in total. The van der Waals surface area contributed by atoms with E-state index in [4.69, 9.17) is 21.1 Å². The van der Waals surface area contributed by atoms with Gasteiger partial charge in [0.1, 0.15) is 0 Å². The summed E-state index contributed by atoms with van der Waals surface area (Å²) in [4.78, 5) is 12.1. The molecule has 0 radical (unpaired) electrons. The number of hydrogen-bond donors (Lipinski definition) is 2. The fourth-order valence-corrected chi connectivity index (χ4v) is 2.74. The summed E-state index contributed by atoms with van der Waals surface area (Å²) in [5, 5.41) is 6.95. The lowest BCUT2D eigenvalue weighted by Gasteiger charge is -2.22. The molecule has 5 nitrogen and oxygen atoms in total. The summed E-state index contributed by atoms with van der Waals surface area (Å²) in [6.45, 7) is 1.92. The third kappa shape index (κ3) is 5.37. The molecule has 1 saturated carbocycles. The number of carbonyl (C=O) groups excluding carboxylic acids is 1. The molecule has 1 aliphatic carbocycles. The molecule has 2 aliphatic rings. The Morgan fingerprint density at radius 3 is 2.74 bits per heavy atom. The number of anilines is 2. The van der Waals surface area contributed by atoms with Gasteiger partial charge < -0.3 is 20.1 Å². The van der Waals surface area contributed by atoms with Gasteiger partial charge in [-0.15, -0.1) is 0 Å². The molecule has 2 fully saturated rings. The second-order valence-electron chi connectivity index (χ2n) is 6.09. The Labute approximate surface area is 141 Å². The van der Waals surface area contributed by atoms with Gasteiger partial charge in [-0.05, 0) is 43.9 Å². The van der Waals surface area contributed by atoms with Gasteiger partial charge in [0.05, 0.1) is 30.5 Å². The summed E-state index contributed by atoms with van der Waals surface area (Å²) in [5.74, 6) is -0.0572. The normalized spacial score (nSPS) is 18.7. The zero-order valence-electron chi connectivity index (χ0n) is 13.1. The highest BCUT2D eigenvalue weighted by Crippen LogP contribution is 2.31. The zero-order valence-corrected chi connectivity index (χ0v) is 13.9. The maximum absolute atomic E-state index is 12.1. The van der Waals surface area contributed by atoms with Crippen molar-refractivity contribution < 1.29 is 14.3 Å². The summed E-state index contributed by atoms with van der Waals surface area (Å²) in [5.41, 5.74) is 1.66. The topological polar surface area (TPSA) is 59.6 Å². The summed E-state index contributed by atoms with van der Waals surface area (Å²) >= 11 is 6.04. The molecule has 0 spiro atoms. The van der Waals surface area contributed by atoms with Crippen LogP contribution in [0.1, 0.15) is 32.1 Å². The van der Waals surface area contributed by atoms with E-state index in [9.17, 15) is 4.79 Å². The third-order valence-electron chi connectivity index (χ3n) is 4.04. The van der Waals surface area contributed by atoms with E-state index in [1.165, 1.54) is 12.8 Å². The number of ether oxygens (including phenoxy) is 2. The van der Waals surface area contributed by atoms with Crippen LogP contribution in [0.5, 0.6) is 0 Å². The first-order valence-corrected chi connectivity index (χ1v) is 8.64. The molecule has 23 heavy (non-hydrogen) atoms. The molecular formula is C17H23ClN2O3. The van der Waals surface area contributed by atoms with E-state index in [0.29, 0.717) is 24.1 Å². The fourth-order valence-electron chi connectivity index (χ4n) is 2.57. The average Bonchev–Trinajstić information content (AvgIpc) is 3.35. The molecule has 1 amide bonds. The van der Waals surface area contributed by atoms with Crippen LogP contribution >= 0.6 is 11.6 Å². The van der Waals surface area contributed by atoms with Gasteiger partial charge in [0.15, 0.2) is 0 Å². The number of hydrogen-bond acceptors (Lipinski definition) is 4. The minimum Gasteiger partial charge on any atom is -0.381 e. The Hall–Kier alpha value is -1.30. The highest BCUT2D eigenvalue weighted by atomic mass is 35.5. The number of nitrogens with one attached hydrogen (secondary N) is 2. The van der Waals surface area contributed by atoms with Crippen molar-refractivity contribution in [2.75, 3.05) is 30.5 Å². The van der Waals surface area contributed by atoms with Crippen LogP contribution < -0.4 is 10.6 Å². The maximum atomic E-state index is 12.1. The first-order valence-electron chi connectivity index (χ1n) is 8.26. The summed E-state index contributed by atoms with van der Waals surface area (Å²) in [6, 6.07) is 6.04. The molecule has 1 aromatic carbocycles. The summed E-state index contributed by atoms with van der Waals surface area (Å²) < 4.78 is 11.0. The lowest BCUT2D eigenvalue weighted by Crippen LogP contribution is -2.25. The minimum absolute atomic E-state index is 0.0572. The SMILES string of the molecule is O=C(CCOC1CCOCC1)Nc1cc(Cl)ccc1NC1CC1. The average molecular weight is 339 g/mol. The van der Waals surface area contributed by atoms with Gasteiger partial charge >= 0.3 is 0 Å². The number of carbonyl (C=O) groups is 1. The lowest BCUT2D eigenvalue weighted by atomic mass is 10.1. The molecule has 0 bridgehead atoms. The fraction of sp³-hybridized carbons (Fsp3) is 0.588. The number of amides is 1. The van der Waals surface area contributed by atoms with Gasteiger partial charge in [0.2, 0.25) is 5.91 Å². The second-order valence-corrected chi connectivity index (χ2v) is 6.53. The molecule has 1 aliphatic heterocycles. The molecule has 0 unspecified atom stereocenters. The van der Waals surface area contributed by atoms with E-state index in [-0.39, 0.29) is 12.0 Å². The van der Waals surface area contributed by atoms with Crippen molar-refractivity contribution in [2.45, 2.75) is 44.2 Å². The Kier molecular flexibility index (Phi) is 5.75.